The summed E-state index contributed by atoms with van der Waals surface area (Å²) < 4.78 is 80.9. The third-order valence-electron chi connectivity index (χ3n) is 21.8. The van der Waals surface area contributed by atoms with Crippen LogP contribution in [0.5, 0.6) is 23.0 Å². The van der Waals surface area contributed by atoms with Crippen LogP contribution in [0.4, 0.5) is 17.6 Å². The lowest BCUT2D eigenvalue weighted by Gasteiger charge is -2.30. The Labute approximate surface area is 604 Å². The molecule has 8 aromatic carbocycles. The second kappa shape index (κ2) is 34.4. The highest BCUT2D eigenvalue weighted by atomic mass is 35.5. The number of benzene rings is 8. The molecule has 8 aromatic rings. The van der Waals surface area contributed by atoms with Gasteiger partial charge in [-0.1, -0.05) is 154 Å². The minimum Gasteiger partial charge on any atom is -0.494 e. The molecule has 2 N–H and O–H groups in total. The van der Waals surface area contributed by atoms with E-state index < -0.39 is 0 Å². The van der Waals surface area contributed by atoms with Gasteiger partial charge < -0.3 is 29.2 Å². The number of aliphatic hydroxyl groups excluding tert-OH is 2. The molecule has 0 aliphatic heterocycles. The first kappa shape index (κ1) is 77.3. The fraction of sp³-hybridized carbons (Fsp3) is 0.455. The zero-order valence-corrected chi connectivity index (χ0v) is 62.6. The van der Waals surface area contributed by atoms with Crippen molar-refractivity contribution in [3.63, 3.8) is 0 Å². The third-order valence-corrected chi connectivity index (χ3v) is 22.4. The molecule has 0 spiro atoms. The van der Waals surface area contributed by atoms with Gasteiger partial charge in [-0.25, -0.2) is 17.6 Å². The van der Waals surface area contributed by atoms with Gasteiger partial charge in [0.05, 0.1) is 39.6 Å². The van der Waals surface area contributed by atoms with E-state index in [4.69, 9.17) is 42.1 Å². The van der Waals surface area contributed by atoms with Gasteiger partial charge in [0, 0.05) is 34.0 Å². The molecule has 0 amide bonds. The molecule has 100 heavy (non-hydrogen) atoms. The van der Waals surface area contributed by atoms with E-state index in [1.807, 2.05) is 88.4 Å². The molecule has 4 fully saturated rings. The monoisotopic (exact) mass is 1400 g/mol. The molecule has 12 heteroatoms. The summed E-state index contributed by atoms with van der Waals surface area (Å²) in [6, 6.07) is 44.1. The molecule has 0 bridgehead atoms. The average molecular weight is 1410 g/mol. The van der Waals surface area contributed by atoms with Crippen molar-refractivity contribution < 1.29 is 46.7 Å². The maximum absolute atomic E-state index is 14.7. The maximum Gasteiger partial charge on any atom is 0.131 e. The van der Waals surface area contributed by atoms with Gasteiger partial charge in [0.2, 0.25) is 0 Å². The molecule has 4 atom stereocenters. The molecule has 0 saturated heterocycles. The Balaban J connectivity index is 0.000000156. The fourth-order valence-corrected chi connectivity index (χ4v) is 16.8. The van der Waals surface area contributed by atoms with Crippen LogP contribution in [0.15, 0.2) is 146 Å². The Morgan fingerprint density at radius 2 is 0.540 bits per heavy atom. The normalized spacial score (nSPS) is 19.2. The van der Waals surface area contributed by atoms with Crippen LogP contribution in [0.2, 0.25) is 0 Å². The van der Waals surface area contributed by atoms with E-state index in [9.17, 15) is 27.8 Å². The van der Waals surface area contributed by atoms with Crippen LogP contribution >= 0.6 is 23.2 Å². The summed E-state index contributed by atoms with van der Waals surface area (Å²) >= 11 is 12.2. The molecule has 4 aliphatic carbocycles. The van der Waals surface area contributed by atoms with Gasteiger partial charge in [0.15, 0.2) is 0 Å². The fourth-order valence-electron chi connectivity index (χ4n) is 16.4. The summed E-state index contributed by atoms with van der Waals surface area (Å²) in [6.07, 6.45) is 14.0. The van der Waals surface area contributed by atoms with Gasteiger partial charge in [0.1, 0.15) is 46.3 Å². The SMILES string of the molecule is CCOc1ccc(F)c(-c2ccc(CCl)cc2[C@@H]2CCCC2(C)C)c1.CCOc1ccc(F)c(-c2ccc(CCl)cc2[C@H]2CCCC2(C)C)c1.CCOc1ccc(F)c(-c2ccc(CO)cc2[C@@H]2CCCC2(C)C)c1.CCOc1ccc(F)c(-c2ccc(CO)cc2[C@H]2CCCC2(C)C)c1. The number of rotatable bonds is 20. The largest absolute Gasteiger partial charge is 0.494 e. The average Bonchev–Trinajstić information content (AvgIpc) is 1.13. The second-order valence-corrected chi connectivity index (χ2v) is 30.8. The maximum atomic E-state index is 14.7. The second-order valence-electron chi connectivity index (χ2n) is 30.3. The Morgan fingerprint density at radius 3 is 0.730 bits per heavy atom. The lowest BCUT2D eigenvalue weighted by molar-refractivity contribution is 0.281. The Bertz CT molecular complexity index is 3530. The summed E-state index contributed by atoms with van der Waals surface area (Å²) in [4.78, 5) is 0. The van der Waals surface area contributed by atoms with Crippen molar-refractivity contribution in [2.75, 3.05) is 26.4 Å². The number of halogens is 6. The van der Waals surface area contributed by atoms with Crippen LogP contribution in [-0.2, 0) is 25.0 Å². The Hall–Kier alpha value is -6.82. The van der Waals surface area contributed by atoms with Crippen LogP contribution in [-0.4, -0.2) is 36.6 Å². The Kier molecular flexibility index (Phi) is 26.6. The van der Waals surface area contributed by atoms with Gasteiger partial charge in [-0.15, -0.1) is 23.2 Å². The summed E-state index contributed by atoms with van der Waals surface area (Å²) in [5.41, 5.74) is 15.6. The highest BCUT2D eigenvalue weighted by molar-refractivity contribution is 6.17. The van der Waals surface area contributed by atoms with E-state index in [0.29, 0.717) is 107 Å². The van der Waals surface area contributed by atoms with E-state index >= 15 is 0 Å². The summed E-state index contributed by atoms with van der Waals surface area (Å²) in [7, 11) is 0. The zero-order chi connectivity index (χ0) is 72.1. The van der Waals surface area contributed by atoms with Gasteiger partial charge in [-0.3, -0.25) is 0 Å². The van der Waals surface area contributed by atoms with E-state index in [2.05, 4.69) is 79.7 Å². The Morgan fingerprint density at radius 1 is 0.320 bits per heavy atom. The first-order chi connectivity index (χ1) is 47.8. The lowest BCUT2D eigenvalue weighted by atomic mass is 9.75. The first-order valence-electron chi connectivity index (χ1n) is 36.4. The smallest absolute Gasteiger partial charge is 0.131 e. The summed E-state index contributed by atoms with van der Waals surface area (Å²) in [5.74, 6) is 4.39. The molecular weight excluding hydrogens is 1300 g/mol. The number of aliphatic hydroxyl groups is 2. The van der Waals surface area contributed by atoms with Gasteiger partial charge >= 0.3 is 0 Å². The number of alkyl halides is 2. The van der Waals surface area contributed by atoms with Crippen molar-refractivity contribution >= 4 is 23.2 Å². The minimum absolute atomic E-state index is 0.00188. The first-order valence-corrected chi connectivity index (χ1v) is 37.5. The van der Waals surface area contributed by atoms with Crippen LogP contribution in [0.25, 0.3) is 44.5 Å². The molecule has 0 heterocycles. The number of hydrogen-bond acceptors (Lipinski definition) is 6. The summed E-state index contributed by atoms with van der Waals surface area (Å²) in [5, 5.41) is 19.1. The molecular formula is C88H106Cl2F4O6. The molecule has 4 aliphatic rings. The quantitative estimate of drug-likeness (QED) is 0.0585. The van der Waals surface area contributed by atoms with Crippen molar-refractivity contribution in [2.24, 2.45) is 21.7 Å². The molecule has 12 rings (SSSR count). The topological polar surface area (TPSA) is 77.4 Å². The van der Waals surface area contributed by atoms with E-state index in [1.165, 1.54) is 86.8 Å². The van der Waals surface area contributed by atoms with Crippen LogP contribution in [0.1, 0.15) is 228 Å². The predicted molar refractivity (Wildman–Crippen MR) is 404 cm³/mol. The van der Waals surface area contributed by atoms with Gasteiger partial charge in [-0.2, -0.15) is 0 Å². The zero-order valence-electron chi connectivity index (χ0n) is 61.1. The molecule has 0 unspecified atom stereocenters. The van der Waals surface area contributed by atoms with E-state index in [1.54, 1.807) is 36.4 Å². The van der Waals surface area contributed by atoms with Gasteiger partial charge in [-0.05, 0) is 264 Å². The number of hydrogen-bond donors (Lipinski definition) is 2. The highest BCUT2D eigenvalue weighted by Crippen LogP contribution is 2.56. The van der Waals surface area contributed by atoms with Crippen molar-refractivity contribution in [2.45, 2.75) is 209 Å². The summed E-state index contributed by atoms with van der Waals surface area (Å²) in [6.45, 7) is 28.4. The molecule has 6 nitrogen and oxygen atoms in total. The van der Waals surface area contributed by atoms with Crippen LogP contribution in [0, 0.1) is 44.9 Å². The van der Waals surface area contributed by atoms with Gasteiger partial charge in [0.25, 0.3) is 0 Å². The van der Waals surface area contributed by atoms with Crippen molar-refractivity contribution in [3.8, 4) is 67.5 Å². The van der Waals surface area contributed by atoms with Crippen molar-refractivity contribution in [1.82, 2.24) is 0 Å². The van der Waals surface area contributed by atoms with Crippen LogP contribution in [0.3, 0.4) is 0 Å². The van der Waals surface area contributed by atoms with E-state index in [0.717, 1.165) is 81.3 Å². The molecule has 4 saturated carbocycles. The molecule has 536 valence electrons. The van der Waals surface area contributed by atoms with Crippen molar-refractivity contribution in [3.05, 3.63) is 213 Å². The van der Waals surface area contributed by atoms with Crippen LogP contribution < -0.4 is 18.9 Å². The number of ether oxygens (including phenoxy) is 4. The lowest BCUT2D eigenvalue weighted by Crippen LogP contribution is -2.16. The minimum atomic E-state index is -0.239. The predicted octanol–water partition coefficient (Wildman–Crippen LogP) is 25.2. The molecule has 0 aromatic heterocycles. The standard InChI is InChI=1S/2C22H26ClFO.2C22H27FO2/c2*1-4-25-16-8-10-21(24)19(13-16)17-9-7-15(14-23)12-18(17)20-6-5-11-22(20,2)3;2*1-4-25-16-8-10-21(23)19(13-16)17-9-7-15(14-24)12-18(17)20-6-5-11-22(20,2)3/h2*7-10,12-13,20H,4-6,11,14H2,1-3H3;2*7-10,12-13,20,24H,4-6,11,14H2,1-3H3/t4*20-/m1010/s1. The van der Waals surface area contributed by atoms with Crippen molar-refractivity contribution in [1.29, 1.82) is 0 Å². The molecule has 0 radical (unpaired) electrons. The van der Waals surface area contributed by atoms with E-state index in [-0.39, 0.29) is 58.1 Å². The third kappa shape index (κ3) is 18.3. The highest BCUT2D eigenvalue weighted by Gasteiger charge is 2.41.